The van der Waals surface area contributed by atoms with Gasteiger partial charge in [-0.25, -0.2) is 4.79 Å². The van der Waals surface area contributed by atoms with E-state index in [1.807, 2.05) is 0 Å². The first kappa shape index (κ1) is 6.01. The number of hydrogen-bond acceptors (Lipinski definition) is 2. The summed E-state index contributed by atoms with van der Waals surface area (Å²) in [6, 6.07) is 0. The maximum Gasteiger partial charge on any atom is 0.506 e. The van der Waals surface area contributed by atoms with Gasteiger partial charge in [0.2, 0.25) is 0 Å². The Morgan fingerprint density at radius 2 is 2.57 bits per heavy atom. The Morgan fingerprint density at radius 3 is 2.71 bits per heavy atom. The number of carbonyl (C=O) groups is 1. The Morgan fingerprint density at radius 1 is 2.00 bits per heavy atom. The summed E-state index contributed by atoms with van der Waals surface area (Å²) >= 11 is 0. The van der Waals surface area contributed by atoms with Crippen LogP contribution in [-0.2, 0) is 4.74 Å². The quantitative estimate of drug-likeness (QED) is 0.520. The average Bonchev–Trinajstić information content (AvgIpc) is 1.61. The fourth-order valence-corrected chi connectivity index (χ4v) is 0.113. The van der Waals surface area contributed by atoms with Gasteiger partial charge in [-0.05, 0) is 6.08 Å². The van der Waals surface area contributed by atoms with Crippen molar-refractivity contribution in [2.24, 2.45) is 0 Å². The van der Waals surface area contributed by atoms with E-state index >= 15 is 0 Å². The van der Waals surface area contributed by atoms with Gasteiger partial charge in [0.15, 0.2) is 0 Å². The number of ether oxygens (including phenoxy) is 1. The van der Waals surface area contributed by atoms with Crippen molar-refractivity contribution in [1.29, 1.82) is 0 Å². The Hall–Kier alpha value is -0.990. The second kappa shape index (κ2) is 3.21. The Labute approximate surface area is 41.2 Å². The summed E-state index contributed by atoms with van der Waals surface area (Å²) in [6.45, 7) is 3.06. The fourth-order valence-electron chi connectivity index (χ4n) is 0.113. The van der Waals surface area contributed by atoms with Crippen molar-refractivity contribution in [3.8, 4) is 0 Å². The Kier molecular flexibility index (Phi) is 2.76. The van der Waals surface area contributed by atoms with Crippen molar-refractivity contribution in [3.63, 3.8) is 0 Å². The third-order valence-corrected chi connectivity index (χ3v) is 0.298. The fraction of sp³-hybridized carbons (Fsp3) is 0.250. The van der Waals surface area contributed by atoms with Gasteiger partial charge in [0.25, 0.3) is 0 Å². The molecule has 0 saturated heterocycles. The van der Waals surface area contributed by atoms with E-state index in [-0.39, 0.29) is 6.61 Å². The van der Waals surface area contributed by atoms with Crippen LogP contribution in [0.3, 0.4) is 0 Å². The molecule has 0 aliphatic heterocycles. The normalized spacial score (nSPS) is 7.43. The molecule has 0 unspecified atom stereocenters. The smallest absolute Gasteiger partial charge is 0.450 e. The van der Waals surface area contributed by atoms with Crippen LogP contribution in [0.4, 0.5) is 4.79 Å². The third kappa shape index (κ3) is 5.01. The maximum absolute atomic E-state index is 9.47. The van der Waals surface area contributed by atoms with Crippen molar-refractivity contribution >= 4 is 6.16 Å². The van der Waals surface area contributed by atoms with Gasteiger partial charge in [0, 0.05) is 0 Å². The van der Waals surface area contributed by atoms with Gasteiger partial charge >= 0.3 is 6.16 Å². The Bertz CT molecular complexity index is 77.0. The van der Waals surface area contributed by atoms with Crippen LogP contribution in [0.25, 0.3) is 0 Å². The van der Waals surface area contributed by atoms with Crippen molar-refractivity contribution < 1.29 is 14.6 Å². The standard InChI is InChI=1S/C4H5O3/c1-2-3-7-4(5)6/h1,3H2,(H,5,6). The zero-order valence-electron chi connectivity index (χ0n) is 3.68. The maximum atomic E-state index is 9.47. The molecule has 0 aromatic carbocycles. The zero-order valence-corrected chi connectivity index (χ0v) is 3.68. The van der Waals surface area contributed by atoms with E-state index in [4.69, 9.17) is 5.11 Å². The minimum Gasteiger partial charge on any atom is -0.450 e. The Balaban J connectivity index is 2.97. The van der Waals surface area contributed by atoms with Gasteiger partial charge in [0.1, 0.15) is 6.61 Å². The zero-order chi connectivity index (χ0) is 5.70. The molecule has 0 rings (SSSR count). The molecule has 1 N–H and O–H groups in total. The molecule has 39 valence electrons. The lowest BCUT2D eigenvalue weighted by Gasteiger charge is -1.88. The second-order valence-electron chi connectivity index (χ2n) is 0.805. The van der Waals surface area contributed by atoms with E-state index in [1.165, 1.54) is 0 Å². The summed E-state index contributed by atoms with van der Waals surface area (Å²) in [5, 5.41) is 7.75. The SMILES string of the molecule is C=[C]COC(=O)O. The number of carboxylic acid groups (broad SMARTS) is 1. The molecule has 0 amide bonds. The van der Waals surface area contributed by atoms with Crippen LogP contribution in [0, 0.1) is 6.08 Å². The first-order valence-corrected chi connectivity index (χ1v) is 1.63. The van der Waals surface area contributed by atoms with Crippen LogP contribution in [0.15, 0.2) is 6.58 Å². The molecular formula is C4H5O3. The molecule has 0 aromatic rings. The number of rotatable bonds is 2. The highest BCUT2D eigenvalue weighted by molar-refractivity contribution is 5.56. The predicted molar refractivity (Wildman–Crippen MR) is 22.8 cm³/mol. The molecule has 0 atom stereocenters. The largest absolute Gasteiger partial charge is 0.506 e. The molecule has 0 heterocycles. The minimum absolute atomic E-state index is 0.0602. The second-order valence-corrected chi connectivity index (χ2v) is 0.805. The van der Waals surface area contributed by atoms with Crippen molar-refractivity contribution in [2.75, 3.05) is 6.61 Å². The molecule has 0 fully saturated rings. The molecule has 0 bridgehead atoms. The molecule has 0 aromatic heterocycles. The highest BCUT2D eigenvalue weighted by Gasteiger charge is 1.88. The summed E-state index contributed by atoms with van der Waals surface area (Å²) in [7, 11) is 0. The highest BCUT2D eigenvalue weighted by Crippen LogP contribution is 1.72. The van der Waals surface area contributed by atoms with E-state index in [2.05, 4.69) is 17.4 Å². The molecule has 3 nitrogen and oxygen atoms in total. The van der Waals surface area contributed by atoms with Crippen LogP contribution in [-0.4, -0.2) is 17.9 Å². The molecule has 0 spiro atoms. The minimum atomic E-state index is -1.30. The van der Waals surface area contributed by atoms with E-state index < -0.39 is 6.16 Å². The lowest BCUT2D eigenvalue weighted by atomic mass is 10.7. The summed E-state index contributed by atoms with van der Waals surface area (Å²) in [4.78, 5) is 9.47. The first-order chi connectivity index (χ1) is 3.27. The summed E-state index contributed by atoms with van der Waals surface area (Å²) in [6.07, 6.45) is 0.951. The monoisotopic (exact) mass is 101 g/mol. The van der Waals surface area contributed by atoms with Gasteiger partial charge in [0.05, 0.1) is 0 Å². The molecular weight excluding hydrogens is 96.0 g/mol. The van der Waals surface area contributed by atoms with Crippen LogP contribution >= 0.6 is 0 Å². The van der Waals surface area contributed by atoms with Crippen LogP contribution in [0.5, 0.6) is 0 Å². The molecule has 1 radical (unpaired) electrons. The summed E-state index contributed by atoms with van der Waals surface area (Å²) in [5.41, 5.74) is 0. The van der Waals surface area contributed by atoms with E-state index in [1.54, 1.807) is 0 Å². The molecule has 0 saturated carbocycles. The number of hydrogen-bond donors (Lipinski definition) is 1. The van der Waals surface area contributed by atoms with Crippen LogP contribution in [0.1, 0.15) is 0 Å². The van der Waals surface area contributed by atoms with Gasteiger partial charge in [-0.15, -0.1) is 0 Å². The van der Waals surface area contributed by atoms with Gasteiger partial charge in [-0.3, -0.25) is 0 Å². The highest BCUT2D eigenvalue weighted by atomic mass is 16.7. The average molecular weight is 101 g/mol. The van der Waals surface area contributed by atoms with Crippen molar-refractivity contribution in [3.05, 3.63) is 12.7 Å². The molecule has 0 aliphatic rings. The van der Waals surface area contributed by atoms with Crippen molar-refractivity contribution in [2.45, 2.75) is 0 Å². The molecule has 7 heavy (non-hydrogen) atoms. The van der Waals surface area contributed by atoms with Gasteiger partial charge in [-0.1, -0.05) is 6.58 Å². The predicted octanol–water partition coefficient (Wildman–Crippen LogP) is 0.670. The van der Waals surface area contributed by atoms with E-state index in [9.17, 15) is 4.79 Å². The van der Waals surface area contributed by atoms with Crippen molar-refractivity contribution in [1.82, 2.24) is 0 Å². The summed E-state index contributed by atoms with van der Waals surface area (Å²) in [5.74, 6) is 0. The first-order valence-electron chi connectivity index (χ1n) is 1.63. The van der Waals surface area contributed by atoms with E-state index in [0.29, 0.717) is 0 Å². The molecule has 3 heteroatoms. The molecule has 0 aliphatic carbocycles. The van der Waals surface area contributed by atoms with E-state index in [0.717, 1.165) is 0 Å². The van der Waals surface area contributed by atoms with Crippen LogP contribution < -0.4 is 0 Å². The van der Waals surface area contributed by atoms with Gasteiger partial charge in [-0.2, -0.15) is 0 Å². The third-order valence-electron chi connectivity index (χ3n) is 0.298. The lowest BCUT2D eigenvalue weighted by Crippen LogP contribution is -1.98. The van der Waals surface area contributed by atoms with Gasteiger partial charge < -0.3 is 9.84 Å². The van der Waals surface area contributed by atoms with Crippen LogP contribution in [0.2, 0.25) is 0 Å². The summed E-state index contributed by atoms with van der Waals surface area (Å²) < 4.78 is 3.93. The topological polar surface area (TPSA) is 46.5 Å². The lowest BCUT2D eigenvalue weighted by molar-refractivity contribution is 0.101.